The lowest BCUT2D eigenvalue weighted by Gasteiger charge is -2.03. The summed E-state index contributed by atoms with van der Waals surface area (Å²) in [7, 11) is 0. The van der Waals surface area contributed by atoms with E-state index in [1.807, 2.05) is 41.9 Å². The summed E-state index contributed by atoms with van der Waals surface area (Å²) in [6.07, 6.45) is 6.35. The summed E-state index contributed by atoms with van der Waals surface area (Å²) >= 11 is 1.50. The molecule has 0 unspecified atom stereocenters. The van der Waals surface area contributed by atoms with Crippen molar-refractivity contribution in [2.45, 2.75) is 12.8 Å². The highest BCUT2D eigenvalue weighted by Crippen LogP contribution is 2.21. The van der Waals surface area contributed by atoms with Gasteiger partial charge in [-0.3, -0.25) is 14.8 Å². The van der Waals surface area contributed by atoms with Crippen LogP contribution in [0.4, 0.5) is 0 Å². The van der Waals surface area contributed by atoms with Gasteiger partial charge in [-0.2, -0.15) is 0 Å². The van der Waals surface area contributed by atoms with Crippen LogP contribution in [0.3, 0.4) is 0 Å². The van der Waals surface area contributed by atoms with E-state index in [-0.39, 0.29) is 12.3 Å². The number of pyridine rings is 2. The van der Waals surface area contributed by atoms with Crippen molar-refractivity contribution in [1.82, 2.24) is 20.3 Å². The molecule has 0 aliphatic rings. The normalized spacial score (nSPS) is 10.4. The molecule has 0 spiro atoms. The predicted molar refractivity (Wildman–Crippen MR) is 90.0 cm³/mol. The third kappa shape index (κ3) is 4.43. The van der Waals surface area contributed by atoms with Crippen LogP contribution < -0.4 is 5.32 Å². The lowest BCUT2D eigenvalue weighted by Crippen LogP contribution is -2.27. The van der Waals surface area contributed by atoms with E-state index >= 15 is 0 Å². The van der Waals surface area contributed by atoms with Crippen LogP contribution in [-0.2, 0) is 17.6 Å². The molecule has 3 rings (SSSR count). The molecule has 0 saturated carbocycles. The highest BCUT2D eigenvalue weighted by Gasteiger charge is 2.09. The van der Waals surface area contributed by atoms with Crippen molar-refractivity contribution in [3.63, 3.8) is 0 Å². The zero-order chi connectivity index (χ0) is 15.9. The molecule has 0 bridgehead atoms. The van der Waals surface area contributed by atoms with E-state index in [1.54, 1.807) is 12.4 Å². The van der Waals surface area contributed by atoms with E-state index in [0.29, 0.717) is 6.54 Å². The Morgan fingerprint density at radius 1 is 1.17 bits per heavy atom. The Hall–Kier alpha value is -2.60. The van der Waals surface area contributed by atoms with Gasteiger partial charge < -0.3 is 5.32 Å². The summed E-state index contributed by atoms with van der Waals surface area (Å²) in [5.74, 6) is -0.0215. The largest absolute Gasteiger partial charge is 0.355 e. The molecule has 3 aromatic rings. The highest BCUT2D eigenvalue weighted by molar-refractivity contribution is 7.13. The second-order valence-electron chi connectivity index (χ2n) is 5.00. The lowest BCUT2D eigenvalue weighted by molar-refractivity contribution is -0.120. The first-order valence-electron chi connectivity index (χ1n) is 7.32. The fourth-order valence-electron chi connectivity index (χ4n) is 2.11. The summed E-state index contributed by atoms with van der Waals surface area (Å²) in [6, 6.07) is 9.60. The molecule has 1 amide bonds. The van der Waals surface area contributed by atoms with Gasteiger partial charge in [0.2, 0.25) is 5.91 Å². The molecular formula is C17H16N4OS. The molecule has 5 nitrogen and oxygen atoms in total. The molecule has 0 aliphatic heterocycles. The van der Waals surface area contributed by atoms with Crippen molar-refractivity contribution in [1.29, 1.82) is 0 Å². The molecule has 0 radical (unpaired) electrons. The number of carbonyl (C=O) groups is 1. The zero-order valence-corrected chi connectivity index (χ0v) is 13.3. The molecule has 0 aromatic carbocycles. The van der Waals surface area contributed by atoms with Crippen molar-refractivity contribution < 1.29 is 4.79 Å². The first-order valence-corrected chi connectivity index (χ1v) is 8.20. The van der Waals surface area contributed by atoms with Crippen LogP contribution >= 0.6 is 11.3 Å². The summed E-state index contributed by atoms with van der Waals surface area (Å²) < 4.78 is 0. The minimum atomic E-state index is -0.0215. The van der Waals surface area contributed by atoms with E-state index in [9.17, 15) is 4.79 Å². The Kier molecular flexibility index (Phi) is 5.06. The first-order chi connectivity index (χ1) is 11.3. The van der Waals surface area contributed by atoms with Crippen LogP contribution in [0.1, 0.15) is 11.3 Å². The number of rotatable bonds is 6. The molecule has 1 N–H and O–H groups in total. The Balaban J connectivity index is 1.49. The summed E-state index contributed by atoms with van der Waals surface area (Å²) in [6.45, 7) is 0.599. The average molecular weight is 324 g/mol. The zero-order valence-electron chi connectivity index (χ0n) is 12.5. The number of hydrogen-bond acceptors (Lipinski definition) is 5. The van der Waals surface area contributed by atoms with Gasteiger partial charge >= 0.3 is 0 Å². The smallest absolute Gasteiger partial charge is 0.226 e. The first kappa shape index (κ1) is 15.3. The van der Waals surface area contributed by atoms with Crippen LogP contribution in [0.2, 0.25) is 0 Å². The van der Waals surface area contributed by atoms with E-state index in [0.717, 1.165) is 28.4 Å². The van der Waals surface area contributed by atoms with Gasteiger partial charge in [-0.05, 0) is 30.2 Å². The molecule has 23 heavy (non-hydrogen) atoms. The van der Waals surface area contributed by atoms with Gasteiger partial charge in [-0.15, -0.1) is 11.3 Å². The maximum atomic E-state index is 12.0. The number of nitrogens with zero attached hydrogens (tertiary/aromatic N) is 3. The Bertz CT molecular complexity index is 759. The topological polar surface area (TPSA) is 67.8 Å². The van der Waals surface area contributed by atoms with Gasteiger partial charge in [-0.1, -0.05) is 12.1 Å². The third-order valence-electron chi connectivity index (χ3n) is 3.24. The van der Waals surface area contributed by atoms with Gasteiger partial charge in [0.05, 0.1) is 17.8 Å². The highest BCUT2D eigenvalue weighted by atomic mass is 32.1. The molecule has 116 valence electrons. The van der Waals surface area contributed by atoms with E-state index < -0.39 is 0 Å². The molecule has 0 fully saturated rings. The average Bonchev–Trinajstić information content (AvgIpc) is 3.05. The molecule has 3 heterocycles. The maximum absolute atomic E-state index is 12.0. The quantitative estimate of drug-likeness (QED) is 0.756. The third-order valence-corrected chi connectivity index (χ3v) is 4.15. The minimum absolute atomic E-state index is 0.0215. The van der Waals surface area contributed by atoms with Gasteiger partial charge in [-0.25, -0.2) is 4.98 Å². The van der Waals surface area contributed by atoms with Gasteiger partial charge in [0.25, 0.3) is 0 Å². The maximum Gasteiger partial charge on any atom is 0.226 e. The van der Waals surface area contributed by atoms with Crippen molar-refractivity contribution in [2.24, 2.45) is 0 Å². The SMILES string of the molecule is O=C(Cc1csc(-c2ccccn2)n1)NCCc1cccnc1. The fraction of sp³-hybridized carbons (Fsp3) is 0.176. The Labute approximate surface area is 138 Å². The van der Waals surface area contributed by atoms with Crippen molar-refractivity contribution in [2.75, 3.05) is 6.54 Å². The van der Waals surface area contributed by atoms with E-state index in [1.165, 1.54) is 11.3 Å². The van der Waals surface area contributed by atoms with Crippen molar-refractivity contribution in [3.8, 4) is 10.7 Å². The van der Waals surface area contributed by atoms with Crippen LogP contribution in [0, 0.1) is 0 Å². The second-order valence-corrected chi connectivity index (χ2v) is 5.86. The summed E-state index contributed by atoms with van der Waals surface area (Å²) in [5.41, 5.74) is 2.72. The van der Waals surface area contributed by atoms with Crippen molar-refractivity contribution >= 4 is 17.2 Å². The van der Waals surface area contributed by atoms with Crippen LogP contribution in [-0.4, -0.2) is 27.4 Å². The fourth-order valence-corrected chi connectivity index (χ4v) is 2.91. The number of aromatic nitrogens is 3. The van der Waals surface area contributed by atoms with Gasteiger partial charge in [0.1, 0.15) is 5.01 Å². The predicted octanol–water partition coefficient (Wildman–Crippen LogP) is 2.50. The van der Waals surface area contributed by atoms with Gasteiger partial charge in [0.15, 0.2) is 0 Å². The second kappa shape index (κ2) is 7.60. The standard InChI is InChI=1S/C17H16N4OS/c22-16(20-9-6-13-4-3-7-18-11-13)10-14-12-23-17(21-14)15-5-1-2-8-19-15/h1-5,7-8,11-12H,6,9-10H2,(H,20,22). The van der Waals surface area contributed by atoms with Crippen molar-refractivity contribution in [3.05, 3.63) is 65.6 Å². The number of amides is 1. The molecular weight excluding hydrogens is 308 g/mol. The Morgan fingerprint density at radius 2 is 2.13 bits per heavy atom. The number of hydrogen-bond donors (Lipinski definition) is 1. The van der Waals surface area contributed by atoms with Crippen LogP contribution in [0.15, 0.2) is 54.3 Å². The van der Waals surface area contributed by atoms with E-state index in [2.05, 4.69) is 20.3 Å². The summed E-state index contributed by atoms with van der Waals surface area (Å²) in [5, 5.41) is 5.66. The monoisotopic (exact) mass is 324 g/mol. The summed E-state index contributed by atoms with van der Waals surface area (Å²) in [4.78, 5) is 24.8. The van der Waals surface area contributed by atoms with E-state index in [4.69, 9.17) is 0 Å². The molecule has 0 atom stereocenters. The van der Waals surface area contributed by atoms with Gasteiger partial charge in [0, 0.05) is 30.5 Å². The molecule has 0 saturated heterocycles. The van der Waals surface area contributed by atoms with Crippen LogP contribution in [0.25, 0.3) is 10.7 Å². The lowest BCUT2D eigenvalue weighted by atomic mass is 10.2. The number of carbonyl (C=O) groups excluding carboxylic acids is 1. The van der Waals surface area contributed by atoms with Crippen LogP contribution in [0.5, 0.6) is 0 Å². The Morgan fingerprint density at radius 3 is 2.91 bits per heavy atom. The molecule has 0 aliphatic carbocycles. The molecule has 3 aromatic heterocycles. The number of nitrogens with one attached hydrogen (secondary N) is 1. The molecule has 6 heteroatoms. The number of thiazole rings is 1. The minimum Gasteiger partial charge on any atom is -0.355 e.